The first-order valence-electron chi connectivity index (χ1n) is 9.58. The summed E-state index contributed by atoms with van der Waals surface area (Å²) >= 11 is 0. The molecule has 0 saturated carbocycles. The summed E-state index contributed by atoms with van der Waals surface area (Å²) in [5.74, 6) is 0.948. The normalized spacial score (nSPS) is 23.1. The molecule has 0 radical (unpaired) electrons. The van der Waals surface area contributed by atoms with E-state index in [0.717, 1.165) is 30.4 Å². The van der Waals surface area contributed by atoms with Crippen LogP contribution < -0.4 is 4.74 Å². The highest BCUT2D eigenvalue weighted by atomic mass is 16.6. The number of ether oxygens (including phenoxy) is 1. The van der Waals surface area contributed by atoms with Crippen molar-refractivity contribution in [2.75, 3.05) is 0 Å². The maximum absolute atomic E-state index is 10.8. The lowest BCUT2D eigenvalue weighted by Gasteiger charge is -2.32. The van der Waals surface area contributed by atoms with Crippen molar-refractivity contribution in [2.45, 2.75) is 77.9 Å². The highest BCUT2D eigenvalue weighted by Gasteiger charge is 2.32. The van der Waals surface area contributed by atoms with E-state index in [4.69, 9.17) is 4.74 Å². The van der Waals surface area contributed by atoms with Crippen molar-refractivity contribution in [2.24, 2.45) is 0 Å². The van der Waals surface area contributed by atoms with Gasteiger partial charge in [0.05, 0.1) is 0 Å². The van der Waals surface area contributed by atoms with Gasteiger partial charge in [0.25, 0.3) is 0 Å². The molecule has 3 nitrogen and oxygen atoms in total. The Kier molecular flexibility index (Phi) is 5.53. The van der Waals surface area contributed by atoms with Crippen molar-refractivity contribution in [3.8, 4) is 11.5 Å². The summed E-state index contributed by atoms with van der Waals surface area (Å²) in [5, 5.41) is 21.1. The number of aromatic hydroxyl groups is 1. The smallest absolute Gasteiger partial charge is 0.198 e. The topological polar surface area (TPSA) is 49.7 Å². The fourth-order valence-corrected chi connectivity index (χ4v) is 4.30. The third-order valence-electron chi connectivity index (χ3n) is 5.52. The molecule has 2 aliphatic rings. The van der Waals surface area contributed by atoms with Crippen LogP contribution in [0.5, 0.6) is 11.5 Å². The largest absolute Gasteiger partial charge is 0.507 e. The maximum Gasteiger partial charge on any atom is 0.198 e. The van der Waals surface area contributed by atoms with Crippen LogP contribution in [0.25, 0.3) is 5.57 Å². The van der Waals surface area contributed by atoms with Gasteiger partial charge in [0.2, 0.25) is 0 Å². The van der Waals surface area contributed by atoms with Crippen molar-refractivity contribution in [3.63, 3.8) is 0 Å². The lowest BCUT2D eigenvalue weighted by molar-refractivity contribution is -0.0368. The average Bonchev–Trinajstić information content (AvgIpc) is 2.83. The molecule has 2 unspecified atom stereocenters. The van der Waals surface area contributed by atoms with E-state index in [1.807, 2.05) is 12.1 Å². The molecule has 1 aliphatic heterocycles. The first kappa shape index (κ1) is 18.1. The van der Waals surface area contributed by atoms with Crippen molar-refractivity contribution < 1.29 is 14.9 Å². The number of aliphatic hydroxyl groups is 1. The number of aliphatic hydroxyl groups excluding tert-OH is 1. The molecular formula is C22H30O3. The zero-order chi connectivity index (χ0) is 18.0. The molecule has 0 fully saturated rings. The van der Waals surface area contributed by atoms with Gasteiger partial charge in [-0.1, -0.05) is 30.6 Å². The minimum atomic E-state index is -0.823. The highest BCUT2D eigenvalue weighted by Crippen LogP contribution is 2.48. The van der Waals surface area contributed by atoms with Crippen LogP contribution >= 0.6 is 0 Å². The summed E-state index contributed by atoms with van der Waals surface area (Å²) in [5.41, 5.74) is 5.68. The lowest BCUT2D eigenvalue weighted by Crippen LogP contribution is -2.26. The molecule has 2 N–H and O–H groups in total. The number of hydrogen-bond acceptors (Lipinski definition) is 3. The number of benzene rings is 1. The van der Waals surface area contributed by atoms with Gasteiger partial charge in [0, 0.05) is 17.9 Å². The standard InChI is InChI=1S/C22H30O3/c1-4-17(14(2)3)18-13-21(24)25-20-12-16(11-19(23)22(18)20)15-9-7-5-6-8-10-15/h9,11-12,18,21,23-24H,4-8,10,13H2,1-3H3. The van der Waals surface area contributed by atoms with Gasteiger partial charge in [-0.05, 0) is 69.2 Å². The molecule has 2 atom stereocenters. The van der Waals surface area contributed by atoms with Gasteiger partial charge in [-0.15, -0.1) is 0 Å². The summed E-state index contributed by atoms with van der Waals surface area (Å²) in [7, 11) is 0. The zero-order valence-electron chi connectivity index (χ0n) is 15.6. The van der Waals surface area contributed by atoms with Crippen LogP contribution in [0.15, 0.2) is 29.4 Å². The Bertz CT molecular complexity index is 695. The number of fused-ring (bicyclic) bond motifs is 1. The van der Waals surface area contributed by atoms with Crippen molar-refractivity contribution in [1.82, 2.24) is 0 Å². The second kappa shape index (κ2) is 7.65. The molecule has 0 saturated heterocycles. The monoisotopic (exact) mass is 342 g/mol. The first-order chi connectivity index (χ1) is 12.0. The Morgan fingerprint density at radius 3 is 2.72 bits per heavy atom. The summed E-state index contributed by atoms with van der Waals surface area (Å²) in [6.07, 6.45) is 8.69. The van der Waals surface area contributed by atoms with E-state index < -0.39 is 6.29 Å². The van der Waals surface area contributed by atoms with Gasteiger partial charge < -0.3 is 14.9 Å². The summed E-state index contributed by atoms with van der Waals surface area (Å²) in [6, 6.07) is 3.90. The lowest BCUT2D eigenvalue weighted by atomic mass is 9.81. The summed E-state index contributed by atoms with van der Waals surface area (Å²) < 4.78 is 5.73. The van der Waals surface area contributed by atoms with Gasteiger partial charge in [-0.25, -0.2) is 0 Å². The van der Waals surface area contributed by atoms with E-state index in [9.17, 15) is 10.2 Å². The predicted molar refractivity (Wildman–Crippen MR) is 102 cm³/mol. The molecule has 136 valence electrons. The van der Waals surface area contributed by atoms with Crippen LogP contribution in [0.4, 0.5) is 0 Å². The summed E-state index contributed by atoms with van der Waals surface area (Å²) in [4.78, 5) is 0. The zero-order valence-corrected chi connectivity index (χ0v) is 15.6. The molecule has 1 aromatic rings. The molecule has 1 aromatic carbocycles. The van der Waals surface area contributed by atoms with Gasteiger partial charge in [0.1, 0.15) is 11.5 Å². The molecule has 3 rings (SSSR count). The maximum atomic E-state index is 10.8. The van der Waals surface area contributed by atoms with E-state index in [1.54, 1.807) is 0 Å². The van der Waals surface area contributed by atoms with E-state index >= 15 is 0 Å². The van der Waals surface area contributed by atoms with E-state index in [-0.39, 0.29) is 5.92 Å². The quantitative estimate of drug-likeness (QED) is 0.696. The molecule has 0 bridgehead atoms. The molecular weight excluding hydrogens is 312 g/mol. The third-order valence-corrected chi connectivity index (χ3v) is 5.52. The Morgan fingerprint density at radius 2 is 2.00 bits per heavy atom. The first-order valence-corrected chi connectivity index (χ1v) is 9.58. The Hall–Kier alpha value is -1.74. The van der Waals surface area contributed by atoms with Crippen molar-refractivity contribution in [1.29, 1.82) is 0 Å². The molecule has 1 aliphatic carbocycles. The van der Waals surface area contributed by atoms with E-state index in [1.165, 1.54) is 36.0 Å². The molecule has 25 heavy (non-hydrogen) atoms. The van der Waals surface area contributed by atoms with Crippen LogP contribution in [0, 0.1) is 0 Å². The Morgan fingerprint density at radius 1 is 1.20 bits per heavy atom. The van der Waals surface area contributed by atoms with Crippen LogP contribution in [0.2, 0.25) is 0 Å². The van der Waals surface area contributed by atoms with Crippen LogP contribution in [0.1, 0.15) is 82.8 Å². The van der Waals surface area contributed by atoms with E-state index in [0.29, 0.717) is 17.9 Å². The Labute approximate surface area is 151 Å². The Balaban J connectivity index is 2.06. The van der Waals surface area contributed by atoms with E-state index in [2.05, 4.69) is 26.8 Å². The number of allylic oxidation sites excluding steroid dienone is 4. The minimum absolute atomic E-state index is 0.0194. The number of phenolic OH excluding ortho intramolecular Hbond substituents is 1. The van der Waals surface area contributed by atoms with Crippen molar-refractivity contribution >= 4 is 5.57 Å². The van der Waals surface area contributed by atoms with Crippen molar-refractivity contribution in [3.05, 3.63) is 40.5 Å². The minimum Gasteiger partial charge on any atom is -0.507 e. The molecule has 0 amide bonds. The number of phenols is 1. The number of hydrogen-bond donors (Lipinski definition) is 2. The fraction of sp³-hybridized carbons (Fsp3) is 0.545. The van der Waals surface area contributed by atoms with Crippen LogP contribution in [-0.4, -0.2) is 16.5 Å². The van der Waals surface area contributed by atoms with Gasteiger partial charge in [-0.3, -0.25) is 0 Å². The third kappa shape index (κ3) is 3.77. The molecule has 0 spiro atoms. The van der Waals surface area contributed by atoms with Gasteiger partial charge >= 0.3 is 0 Å². The SMILES string of the molecule is CCC(=C(C)C)C1CC(O)Oc2cc(C3=CCCCCC3)cc(O)c21. The number of rotatable bonds is 3. The average molecular weight is 342 g/mol. The fourth-order valence-electron chi connectivity index (χ4n) is 4.30. The van der Waals surface area contributed by atoms with Gasteiger partial charge in [0.15, 0.2) is 6.29 Å². The summed E-state index contributed by atoms with van der Waals surface area (Å²) in [6.45, 7) is 6.33. The molecule has 0 aromatic heterocycles. The van der Waals surface area contributed by atoms with Crippen LogP contribution in [-0.2, 0) is 0 Å². The second-order valence-electron chi connectivity index (χ2n) is 7.48. The predicted octanol–water partition coefficient (Wildman–Crippen LogP) is 5.67. The van der Waals surface area contributed by atoms with Gasteiger partial charge in [-0.2, -0.15) is 0 Å². The van der Waals surface area contributed by atoms with Crippen LogP contribution in [0.3, 0.4) is 0 Å². The highest BCUT2D eigenvalue weighted by molar-refractivity contribution is 5.70. The second-order valence-corrected chi connectivity index (χ2v) is 7.48. The molecule has 1 heterocycles. The molecule has 3 heteroatoms.